The van der Waals surface area contributed by atoms with Crippen molar-refractivity contribution in [1.29, 1.82) is 0 Å². The summed E-state index contributed by atoms with van der Waals surface area (Å²) in [5.41, 5.74) is 1.61. The first-order valence-corrected chi connectivity index (χ1v) is 12.2. The minimum absolute atomic E-state index is 0.154. The van der Waals surface area contributed by atoms with Crippen LogP contribution in [0.15, 0.2) is 59.8 Å². The molecule has 0 spiro atoms. The normalized spacial score (nSPS) is 20.6. The van der Waals surface area contributed by atoms with Crippen LogP contribution in [0, 0.1) is 11.6 Å². The molecule has 0 unspecified atom stereocenters. The quantitative estimate of drug-likeness (QED) is 0.601. The van der Waals surface area contributed by atoms with Crippen molar-refractivity contribution in [2.24, 2.45) is 0 Å². The number of esters is 1. The van der Waals surface area contributed by atoms with E-state index in [1.54, 1.807) is 24.9 Å². The minimum Gasteiger partial charge on any atom is -0.463 e. The molecule has 2 aromatic rings. The molecule has 2 aromatic carbocycles. The number of amides is 3. The van der Waals surface area contributed by atoms with E-state index in [2.05, 4.69) is 10.2 Å². The lowest BCUT2D eigenvalue weighted by Gasteiger charge is -2.42. The molecule has 3 amide bonds. The fourth-order valence-electron chi connectivity index (χ4n) is 4.78. The highest BCUT2D eigenvalue weighted by Crippen LogP contribution is 2.32. The summed E-state index contributed by atoms with van der Waals surface area (Å²) in [4.78, 5) is 44.1. The predicted octanol–water partition coefficient (Wildman–Crippen LogP) is 3.32. The Kier molecular flexibility index (Phi) is 7.87. The highest BCUT2D eigenvalue weighted by Gasteiger charge is 2.38. The predicted molar refractivity (Wildman–Crippen MR) is 132 cm³/mol. The second-order valence-electron chi connectivity index (χ2n) is 9.17. The minimum atomic E-state index is -0.799. The van der Waals surface area contributed by atoms with E-state index in [1.165, 1.54) is 47.4 Å². The summed E-state index contributed by atoms with van der Waals surface area (Å²) in [7, 11) is 1.58. The van der Waals surface area contributed by atoms with Gasteiger partial charge in [0.15, 0.2) is 0 Å². The van der Waals surface area contributed by atoms with Crippen LogP contribution in [0.25, 0.3) is 0 Å². The summed E-state index contributed by atoms with van der Waals surface area (Å²) in [6.07, 6.45) is 0. The number of nitrogens with one attached hydrogen (secondary N) is 1. The lowest BCUT2D eigenvalue weighted by atomic mass is 9.94. The molecular formula is C27H30F2N4O4. The third-order valence-corrected chi connectivity index (χ3v) is 6.69. The number of benzene rings is 2. The van der Waals surface area contributed by atoms with Gasteiger partial charge in [-0.3, -0.25) is 14.6 Å². The van der Waals surface area contributed by atoms with E-state index in [-0.39, 0.29) is 30.7 Å². The lowest BCUT2D eigenvalue weighted by Crippen LogP contribution is -2.56. The van der Waals surface area contributed by atoms with Gasteiger partial charge in [0.1, 0.15) is 11.6 Å². The number of urea groups is 1. The van der Waals surface area contributed by atoms with Crippen LogP contribution in [0.2, 0.25) is 0 Å². The molecule has 2 heterocycles. The van der Waals surface area contributed by atoms with Gasteiger partial charge in [0.25, 0.3) is 5.91 Å². The number of carbonyl (C=O) groups excluding carboxylic acids is 3. The van der Waals surface area contributed by atoms with Crippen molar-refractivity contribution in [2.45, 2.75) is 25.9 Å². The van der Waals surface area contributed by atoms with E-state index >= 15 is 0 Å². The average Bonchev–Trinajstić information content (AvgIpc) is 2.87. The number of hydrogen-bond acceptors (Lipinski definition) is 5. The Morgan fingerprint density at radius 3 is 2.46 bits per heavy atom. The molecule has 37 heavy (non-hydrogen) atoms. The first-order chi connectivity index (χ1) is 17.7. The second-order valence-corrected chi connectivity index (χ2v) is 9.17. The molecule has 0 aromatic heterocycles. The number of nitrogens with zero attached hydrogens (tertiary/aromatic N) is 3. The van der Waals surface area contributed by atoms with Crippen LogP contribution in [-0.2, 0) is 9.53 Å². The van der Waals surface area contributed by atoms with Crippen LogP contribution in [0.3, 0.4) is 0 Å². The highest BCUT2D eigenvalue weighted by atomic mass is 19.1. The average molecular weight is 513 g/mol. The van der Waals surface area contributed by atoms with Gasteiger partial charge < -0.3 is 15.0 Å². The molecule has 0 aliphatic carbocycles. The number of carbonyl (C=O) groups is 3. The SMILES string of the molecule is CCOC(=O)C1=C(CN2CCN(C(=O)c3cccc(F)c3)[C@H](C)C2)N(C)C(=O)N[C@@H]1c1ccc(F)cc1. The Morgan fingerprint density at radius 2 is 1.81 bits per heavy atom. The fraction of sp³-hybridized carbons (Fsp3) is 0.370. The molecule has 0 bridgehead atoms. The van der Waals surface area contributed by atoms with Crippen molar-refractivity contribution < 1.29 is 27.9 Å². The third kappa shape index (κ3) is 5.64. The van der Waals surface area contributed by atoms with Crippen LogP contribution in [0.1, 0.15) is 35.8 Å². The number of piperazine rings is 1. The third-order valence-electron chi connectivity index (χ3n) is 6.69. The van der Waals surface area contributed by atoms with Gasteiger partial charge in [-0.1, -0.05) is 18.2 Å². The van der Waals surface area contributed by atoms with Gasteiger partial charge >= 0.3 is 12.0 Å². The Balaban J connectivity index is 1.59. The molecule has 1 saturated heterocycles. The van der Waals surface area contributed by atoms with E-state index in [0.717, 1.165) is 0 Å². The van der Waals surface area contributed by atoms with Crippen LogP contribution >= 0.6 is 0 Å². The van der Waals surface area contributed by atoms with Crippen LogP contribution < -0.4 is 5.32 Å². The summed E-state index contributed by atoms with van der Waals surface area (Å²) in [5, 5.41) is 2.82. The molecule has 0 saturated carbocycles. The van der Waals surface area contributed by atoms with Crippen molar-refractivity contribution >= 4 is 17.9 Å². The Hall–Kier alpha value is -3.79. The molecule has 2 aliphatic rings. The molecule has 196 valence electrons. The number of ether oxygens (including phenoxy) is 1. The van der Waals surface area contributed by atoms with Gasteiger partial charge in [0.2, 0.25) is 0 Å². The molecule has 0 radical (unpaired) electrons. The van der Waals surface area contributed by atoms with E-state index in [0.29, 0.717) is 36.5 Å². The molecule has 4 rings (SSSR count). The van der Waals surface area contributed by atoms with Crippen molar-refractivity contribution in [2.75, 3.05) is 39.8 Å². The zero-order valence-corrected chi connectivity index (χ0v) is 21.0. The van der Waals surface area contributed by atoms with Crippen molar-refractivity contribution in [1.82, 2.24) is 20.0 Å². The van der Waals surface area contributed by atoms with Gasteiger partial charge in [-0.25, -0.2) is 18.4 Å². The summed E-state index contributed by atoms with van der Waals surface area (Å²) >= 11 is 0. The van der Waals surface area contributed by atoms with Gasteiger partial charge in [-0.15, -0.1) is 0 Å². The monoisotopic (exact) mass is 512 g/mol. The molecule has 10 heteroatoms. The molecule has 2 aliphatic heterocycles. The highest BCUT2D eigenvalue weighted by molar-refractivity contribution is 5.95. The first kappa shape index (κ1) is 26.3. The van der Waals surface area contributed by atoms with Gasteiger partial charge in [0, 0.05) is 50.5 Å². The summed E-state index contributed by atoms with van der Waals surface area (Å²) in [6.45, 7) is 5.40. The standard InChI is InChI=1S/C27H30F2N4O4/c1-4-37-26(35)23-22(31(3)27(36)30-24(23)18-8-10-20(28)11-9-18)16-32-12-13-33(17(2)15-32)25(34)19-6-5-7-21(29)14-19/h5-11,14,17,24H,4,12-13,15-16H2,1-3H3,(H,30,36)/t17-,24-/m1/s1. The topological polar surface area (TPSA) is 82.2 Å². The summed E-state index contributed by atoms with van der Waals surface area (Å²) < 4.78 is 32.5. The maximum atomic E-state index is 13.6. The molecule has 1 N–H and O–H groups in total. The summed E-state index contributed by atoms with van der Waals surface area (Å²) in [5.74, 6) is -1.70. The Bertz CT molecular complexity index is 1220. The zero-order chi connectivity index (χ0) is 26.7. The largest absolute Gasteiger partial charge is 0.463 e. The van der Waals surface area contributed by atoms with E-state index in [9.17, 15) is 23.2 Å². The van der Waals surface area contributed by atoms with Gasteiger partial charge in [-0.05, 0) is 49.7 Å². The number of likely N-dealkylation sites (N-methyl/N-ethyl adjacent to an activating group) is 1. The van der Waals surface area contributed by atoms with Crippen molar-refractivity contribution in [3.05, 3.63) is 82.6 Å². The molecule has 8 nitrogen and oxygen atoms in total. The van der Waals surface area contributed by atoms with Crippen molar-refractivity contribution in [3.8, 4) is 0 Å². The smallest absolute Gasteiger partial charge is 0.338 e. The van der Waals surface area contributed by atoms with E-state index in [4.69, 9.17) is 4.74 Å². The van der Waals surface area contributed by atoms with Crippen LogP contribution in [0.5, 0.6) is 0 Å². The molecule has 1 fully saturated rings. The summed E-state index contributed by atoms with van der Waals surface area (Å²) in [6, 6.07) is 9.84. The number of halogens is 2. The maximum Gasteiger partial charge on any atom is 0.338 e. The molecule has 2 atom stereocenters. The van der Waals surface area contributed by atoms with Gasteiger partial charge in [0.05, 0.1) is 18.2 Å². The second kappa shape index (κ2) is 11.1. The maximum absolute atomic E-state index is 13.6. The van der Waals surface area contributed by atoms with Crippen LogP contribution in [-0.4, -0.2) is 78.5 Å². The van der Waals surface area contributed by atoms with E-state index in [1.807, 2.05) is 6.92 Å². The van der Waals surface area contributed by atoms with Crippen LogP contribution in [0.4, 0.5) is 13.6 Å². The van der Waals surface area contributed by atoms with Gasteiger partial charge in [-0.2, -0.15) is 0 Å². The number of hydrogen-bond donors (Lipinski definition) is 1. The fourth-order valence-corrected chi connectivity index (χ4v) is 4.78. The lowest BCUT2D eigenvalue weighted by molar-refractivity contribution is -0.139. The first-order valence-electron chi connectivity index (χ1n) is 12.2. The van der Waals surface area contributed by atoms with Crippen molar-refractivity contribution in [3.63, 3.8) is 0 Å². The number of rotatable bonds is 6. The Labute approximate surface area is 214 Å². The van der Waals surface area contributed by atoms with E-state index < -0.39 is 29.7 Å². The molecular weight excluding hydrogens is 482 g/mol. The Morgan fingerprint density at radius 1 is 1.08 bits per heavy atom. The zero-order valence-electron chi connectivity index (χ0n) is 21.0.